The number of hydrogen-bond donors (Lipinski definition) is 1. The SMILES string of the molecule is COC(=O)CC(C)N1CCC(N)CC1C. The van der Waals surface area contributed by atoms with Crippen molar-refractivity contribution >= 4 is 5.97 Å². The Morgan fingerprint density at radius 3 is 2.87 bits per heavy atom. The van der Waals surface area contributed by atoms with E-state index in [-0.39, 0.29) is 12.0 Å². The van der Waals surface area contributed by atoms with Gasteiger partial charge < -0.3 is 10.5 Å². The number of carbonyl (C=O) groups is 1. The Hall–Kier alpha value is -0.610. The van der Waals surface area contributed by atoms with Gasteiger partial charge in [0.15, 0.2) is 0 Å². The Kier molecular flexibility index (Phi) is 4.54. The minimum Gasteiger partial charge on any atom is -0.469 e. The lowest BCUT2D eigenvalue weighted by Crippen LogP contribution is -2.49. The molecule has 4 heteroatoms. The third kappa shape index (κ3) is 3.47. The third-order valence-corrected chi connectivity index (χ3v) is 3.22. The molecule has 0 aromatic carbocycles. The van der Waals surface area contributed by atoms with Gasteiger partial charge >= 0.3 is 5.97 Å². The second kappa shape index (κ2) is 5.47. The Morgan fingerprint density at radius 1 is 1.67 bits per heavy atom. The molecule has 1 aliphatic rings. The minimum absolute atomic E-state index is 0.135. The summed E-state index contributed by atoms with van der Waals surface area (Å²) in [7, 11) is 1.44. The Bertz CT molecular complexity index is 221. The Balaban J connectivity index is 2.45. The van der Waals surface area contributed by atoms with Crippen LogP contribution in [0.3, 0.4) is 0 Å². The van der Waals surface area contributed by atoms with E-state index in [0.717, 1.165) is 19.4 Å². The number of rotatable bonds is 3. The number of nitrogens with two attached hydrogens (primary N) is 1. The van der Waals surface area contributed by atoms with Crippen LogP contribution in [0.4, 0.5) is 0 Å². The summed E-state index contributed by atoms with van der Waals surface area (Å²) in [5, 5.41) is 0. The maximum absolute atomic E-state index is 11.2. The van der Waals surface area contributed by atoms with Crippen LogP contribution in [0.2, 0.25) is 0 Å². The molecule has 0 bridgehead atoms. The third-order valence-electron chi connectivity index (χ3n) is 3.22. The molecular weight excluding hydrogens is 192 g/mol. The van der Waals surface area contributed by atoms with Gasteiger partial charge in [-0.3, -0.25) is 9.69 Å². The molecule has 1 rings (SSSR count). The van der Waals surface area contributed by atoms with E-state index in [1.54, 1.807) is 0 Å². The van der Waals surface area contributed by atoms with E-state index in [1.807, 2.05) is 0 Å². The highest BCUT2D eigenvalue weighted by Crippen LogP contribution is 2.20. The van der Waals surface area contributed by atoms with Gasteiger partial charge in [0.2, 0.25) is 0 Å². The first-order valence-electron chi connectivity index (χ1n) is 5.62. The first kappa shape index (κ1) is 12.5. The van der Waals surface area contributed by atoms with Crippen LogP contribution in [0.15, 0.2) is 0 Å². The zero-order valence-electron chi connectivity index (χ0n) is 9.90. The van der Waals surface area contributed by atoms with E-state index in [0.29, 0.717) is 18.5 Å². The first-order chi connectivity index (χ1) is 7.04. The number of hydrogen-bond acceptors (Lipinski definition) is 4. The molecule has 0 aliphatic carbocycles. The predicted octanol–water partition coefficient (Wildman–Crippen LogP) is 0.750. The van der Waals surface area contributed by atoms with Crippen LogP contribution in [0.5, 0.6) is 0 Å². The number of likely N-dealkylation sites (tertiary alicyclic amines) is 1. The summed E-state index contributed by atoms with van der Waals surface area (Å²) >= 11 is 0. The average Bonchev–Trinajstić information content (AvgIpc) is 2.17. The normalized spacial score (nSPS) is 29.9. The molecule has 3 atom stereocenters. The number of esters is 1. The zero-order chi connectivity index (χ0) is 11.4. The van der Waals surface area contributed by atoms with E-state index in [9.17, 15) is 4.79 Å². The second-order valence-electron chi connectivity index (χ2n) is 4.50. The molecule has 1 aliphatic heterocycles. The molecule has 1 heterocycles. The molecule has 0 radical (unpaired) electrons. The molecular formula is C11H22N2O2. The number of carbonyl (C=O) groups excluding carboxylic acids is 1. The van der Waals surface area contributed by atoms with Crippen LogP contribution in [-0.4, -0.2) is 42.6 Å². The van der Waals surface area contributed by atoms with Crippen molar-refractivity contribution in [2.24, 2.45) is 5.73 Å². The standard InChI is InChI=1S/C11H22N2O2/c1-8-6-10(12)4-5-13(8)9(2)7-11(14)15-3/h8-10H,4-7,12H2,1-3H3. The molecule has 0 saturated carbocycles. The Labute approximate surface area is 91.8 Å². The van der Waals surface area contributed by atoms with Gasteiger partial charge in [-0.15, -0.1) is 0 Å². The highest BCUT2D eigenvalue weighted by atomic mass is 16.5. The van der Waals surface area contributed by atoms with Gasteiger partial charge in [-0.05, 0) is 26.7 Å². The number of nitrogens with zero attached hydrogens (tertiary/aromatic N) is 1. The molecule has 4 nitrogen and oxygen atoms in total. The summed E-state index contributed by atoms with van der Waals surface area (Å²) < 4.78 is 4.68. The molecule has 0 amide bonds. The van der Waals surface area contributed by atoms with Crippen molar-refractivity contribution in [1.82, 2.24) is 4.90 Å². The summed E-state index contributed by atoms with van der Waals surface area (Å²) in [6.45, 7) is 5.23. The van der Waals surface area contributed by atoms with Crippen LogP contribution in [-0.2, 0) is 9.53 Å². The van der Waals surface area contributed by atoms with Gasteiger partial charge in [-0.25, -0.2) is 0 Å². The average molecular weight is 214 g/mol. The van der Waals surface area contributed by atoms with E-state index in [4.69, 9.17) is 5.73 Å². The molecule has 0 spiro atoms. The quantitative estimate of drug-likeness (QED) is 0.704. The van der Waals surface area contributed by atoms with Crippen molar-refractivity contribution in [2.75, 3.05) is 13.7 Å². The van der Waals surface area contributed by atoms with Crippen molar-refractivity contribution in [3.8, 4) is 0 Å². The lowest BCUT2D eigenvalue weighted by molar-refractivity contribution is -0.142. The predicted molar refractivity (Wildman–Crippen MR) is 59.5 cm³/mol. The monoisotopic (exact) mass is 214 g/mol. The molecule has 3 unspecified atom stereocenters. The van der Waals surface area contributed by atoms with Gasteiger partial charge in [0.25, 0.3) is 0 Å². The lowest BCUT2D eigenvalue weighted by atomic mass is 9.97. The summed E-state index contributed by atoms with van der Waals surface area (Å²) in [5.74, 6) is -0.135. The van der Waals surface area contributed by atoms with Gasteiger partial charge in [0.1, 0.15) is 0 Å². The van der Waals surface area contributed by atoms with Gasteiger partial charge in [0.05, 0.1) is 13.5 Å². The molecule has 88 valence electrons. The molecule has 0 aromatic rings. The molecule has 15 heavy (non-hydrogen) atoms. The van der Waals surface area contributed by atoms with Crippen LogP contribution in [0.25, 0.3) is 0 Å². The summed E-state index contributed by atoms with van der Waals surface area (Å²) in [5.41, 5.74) is 5.90. The van der Waals surface area contributed by atoms with Crippen LogP contribution in [0.1, 0.15) is 33.1 Å². The lowest BCUT2D eigenvalue weighted by Gasteiger charge is -2.40. The fourth-order valence-electron chi connectivity index (χ4n) is 2.32. The Morgan fingerprint density at radius 2 is 2.33 bits per heavy atom. The smallest absolute Gasteiger partial charge is 0.307 e. The van der Waals surface area contributed by atoms with E-state index in [2.05, 4.69) is 23.5 Å². The van der Waals surface area contributed by atoms with Crippen molar-refractivity contribution in [2.45, 2.75) is 51.2 Å². The summed E-state index contributed by atoms with van der Waals surface area (Å²) in [6, 6.07) is 1.04. The van der Waals surface area contributed by atoms with Crippen molar-refractivity contribution in [1.29, 1.82) is 0 Å². The van der Waals surface area contributed by atoms with Crippen molar-refractivity contribution < 1.29 is 9.53 Å². The van der Waals surface area contributed by atoms with E-state index >= 15 is 0 Å². The first-order valence-corrected chi connectivity index (χ1v) is 5.62. The van der Waals surface area contributed by atoms with Crippen LogP contribution >= 0.6 is 0 Å². The fourth-order valence-corrected chi connectivity index (χ4v) is 2.32. The van der Waals surface area contributed by atoms with Crippen molar-refractivity contribution in [3.63, 3.8) is 0 Å². The van der Waals surface area contributed by atoms with Gasteiger partial charge in [-0.2, -0.15) is 0 Å². The topological polar surface area (TPSA) is 55.6 Å². The summed E-state index contributed by atoms with van der Waals surface area (Å²) in [6.07, 6.45) is 2.51. The van der Waals surface area contributed by atoms with Crippen LogP contribution < -0.4 is 5.73 Å². The highest BCUT2D eigenvalue weighted by Gasteiger charge is 2.27. The largest absolute Gasteiger partial charge is 0.469 e. The molecule has 0 aromatic heterocycles. The molecule has 2 N–H and O–H groups in total. The van der Waals surface area contributed by atoms with Gasteiger partial charge in [-0.1, -0.05) is 0 Å². The second-order valence-corrected chi connectivity index (χ2v) is 4.50. The summed E-state index contributed by atoms with van der Waals surface area (Å²) in [4.78, 5) is 13.5. The fraction of sp³-hybridized carbons (Fsp3) is 0.909. The van der Waals surface area contributed by atoms with Crippen LogP contribution in [0, 0.1) is 0 Å². The maximum atomic E-state index is 11.2. The maximum Gasteiger partial charge on any atom is 0.307 e. The molecule has 1 saturated heterocycles. The minimum atomic E-state index is -0.135. The van der Waals surface area contributed by atoms with Crippen molar-refractivity contribution in [3.05, 3.63) is 0 Å². The zero-order valence-corrected chi connectivity index (χ0v) is 9.90. The highest BCUT2D eigenvalue weighted by molar-refractivity contribution is 5.69. The number of piperidine rings is 1. The number of methoxy groups -OCH3 is 1. The van der Waals surface area contributed by atoms with E-state index < -0.39 is 0 Å². The molecule has 1 fully saturated rings. The number of ether oxygens (including phenoxy) is 1. The van der Waals surface area contributed by atoms with Gasteiger partial charge in [0, 0.05) is 24.7 Å². The van der Waals surface area contributed by atoms with E-state index in [1.165, 1.54) is 7.11 Å².